The van der Waals surface area contributed by atoms with E-state index in [0.717, 1.165) is 5.92 Å². The Morgan fingerprint density at radius 1 is 1.15 bits per heavy atom. The summed E-state index contributed by atoms with van der Waals surface area (Å²) >= 11 is 7.45. The third-order valence-electron chi connectivity index (χ3n) is 3.42. The lowest BCUT2D eigenvalue weighted by atomic mass is 10.1. The molecular weight excluding hydrogens is 292 g/mol. The van der Waals surface area contributed by atoms with Crippen LogP contribution in [0.4, 0.5) is 0 Å². The summed E-state index contributed by atoms with van der Waals surface area (Å²) in [6, 6.07) is 10.8. The molecule has 3 rings (SSSR count). The van der Waals surface area contributed by atoms with Crippen LogP contribution in [0.25, 0.3) is 0 Å². The summed E-state index contributed by atoms with van der Waals surface area (Å²) in [4.78, 5) is 0. The second-order valence-electron chi connectivity index (χ2n) is 4.20. The van der Waals surface area contributed by atoms with Gasteiger partial charge in [-0.1, -0.05) is 62.2 Å². The third kappa shape index (κ3) is 1.08. The molecular formula is C11H10Br2. The Morgan fingerprint density at radius 3 is 2.23 bits per heavy atom. The van der Waals surface area contributed by atoms with Gasteiger partial charge in [-0.2, -0.15) is 0 Å². The van der Waals surface area contributed by atoms with Gasteiger partial charge in [-0.15, -0.1) is 0 Å². The summed E-state index contributed by atoms with van der Waals surface area (Å²) in [6.45, 7) is 0. The van der Waals surface area contributed by atoms with E-state index in [0.29, 0.717) is 5.41 Å². The molecule has 0 amide bonds. The predicted molar refractivity (Wildman–Crippen MR) is 61.4 cm³/mol. The van der Waals surface area contributed by atoms with Gasteiger partial charge in [0.25, 0.3) is 0 Å². The molecule has 2 aliphatic carbocycles. The van der Waals surface area contributed by atoms with Crippen molar-refractivity contribution in [3.8, 4) is 0 Å². The molecule has 0 aliphatic heterocycles. The summed E-state index contributed by atoms with van der Waals surface area (Å²) in [5.74, 6) is 0.785. The number of benzene rings is 1. The zero-order valence-corrected chi connectivity index (χ0v) is 10.3. The van der Waals surface area contributed by atoms with E-state index >= 15 is 0 Å². The standard InChI is InChI=1S/C11H10Br2/c12-11(13)7-10(11)6-9(10)8-4-2-1-3-5-8/h1-5,9H,6-7H2. The van der Waals surface area contributed by atoms with Crippen LogP contribution in [0.1, 0.15) is 24.3 Å². The highest BCUT2D eigenvalue weighted by atomic mass is 79.9. The fraction of sp³-hybridized carbons (Fsp3) is 0.455. The monoisotopic (exact) mass is 300 g/mol. The zero-order chi connectivity index (χ0) is 9.10. The molecule has 2 fully saturated rings. The van der Waals surface area contributed by atoms with Crippen LogP contribution in [0.5, 0.6) is 0 Å². The molecule has 1 aromatic carbocycles. The van der Waals surface area contributed by atoms with Gasteiger partial charge in [0.1, 0.15) is 0 Å². The Kier molecular flexibility index (Phi) is 1.57. The first kappa shape index (κ1) is 8.49. The van der Waals surface area contributed by atoms with Gasteiger partial charge >= 0.3 is 0 Å². The van der Waals surface area contributed by atoms with Crippen LogP contribution in [0.3, 0.4) is 0 Å². The van der Waals surface area contributed by atoms with Gasteiger partial charge < -0.3 is 0 Å². The normalized spacial score (nSPS) is 39.1. The Balaban J connectivity index is 1.86. The van der Waals surface area contributed by atoms with E-state index in [9.17, 15) is 0 Å². The molecule has 13 heavy (non-hydrogen) atoms. The fourth-order valence-corrected chi connectivity index (χ4v) is 4.26. The molecule has 2 heteroatoms. The molecule has 0 nitrogen and oxygen atoms in total. The van der Waals surface area contributed by atoms with Gasteiger partial charge in [0.2, 0.25) is 0 Å². The fourth-order valence-electron chi connectivity index (χ4n) is 2.38. The molecule has 2 unspecified atom stereocenters. The summed E-state index contributed by atoms with van der Waals surface area (Å²) in [7, 11) is 0. The zero-order valence-electron chi connectivity index (χ0n) is 7.13. The number of hydrogen-bond acceptors (Lipinski definition) is 0. The highest BCUT2D eigenvalue weighted by Crippen LogP contribution is 2.85. The van der Waals surface area contributed by atoms with Crippen LogP contribution in [-0.4, -0.2) is 3.23 Å². The maximum Gasteiger partial charge on any atom is 0.0874 e. The van der Waals surface area contributed by atoms with Gasteiger partial charge in [-0.3, -0.25) is 0 Å². The molecule has 1 aromatic rings. The molecule has 0 N–H and O–H groups in total. The van der Waals surface area contributed by atoms with Crippen molar-refractivity contribution in [3.05, 3.63) is 35.9 Å². The third-order valence-corrected chi connectivity index (χ3v) is 5.56. The van der Waals surface area contributed by atoms with Crippen LogP contribution in [0, 0.1) is 5.41 Å². The van der Waals surface area contributed by atoms with Gasteiger partial charge in [0, 0.05) is 5.41 Å². The first-order chi connectivity index (χ1) is 6.16. The molecule has 2 aliphatic rings. The predicted octanol–water partition coefficient (Wildman–Crippen LogP) is 4.05. The second kappa shape index (κ2) is 2.40. The maximum atomic E-state index is 3.72. The maximum absolute atomic E-state index is 3.72. The van der Waals surface area contributed by atoms with Crippen molar-refractivity contribution in [3.63, 3.8) is 0 Å². The Bertz CT molecular complexity index is 344. The number of alkyl halides is 2. The molecule has 2 atom stereocenters. The van der Waals surface area contributed by atoms with Crippen LogP contribution >= 0.6 is 31.9 Å². The first-order valence-corrected chi connectivity index (χ1v) is 6.17. The topological polar surface area (TPSA) is 0 Å². The average molecular weight is 302 g/mol. The van der Waals surface area contributed by atoms with Crippen molar-refractivity contribution in [1.82, 2.24) is 0 Å². The number of halogens is 2. The van der Waals surface area contributed by atoms with Crippen LogP contribution < -0.4 is 0 Å². The molecule has 0 heterocycles. The molecule has 0 bridgehead atoms. The van der Waals surface area contributed by atoms with Crippen molar-refractivity contribution in [2.75, 3.05) is 0 Å². The number of rotatable bonds is 1. The van der Waals surface area contributed by atoms with E-state index in [-0.39, 0.29) is 3.23 Å². The van der Waals surface area contributed by atoms with Crippen molar-refractivity contribution in [1.29, 1.82) is 0 Å². The molecule has 0 radical (unpaired) electrons. The Morgan fingerprint density at radius 2 is 1.77 bits per heavy atom. The van der Waals surface area contributed by atoms with E-state index in [1.54, 1.807) is 0 Å². The lowest BCUT2D eigenvalue weighted by molar-refractivity contribution is 0.838. The molecule has 68 valence electrons. The smallest absolute Gasteiger partial charge is 0.0721 e. The van der Waals surface area contributed by atoms with E-state index in [1.807, 2.05) is 0 Å². The molecule has 2 saturated carbocycles. The summed E-state index contributed by atoms with van der Waals surface area (Å²) in [6.07, 6.45) is 2.62. The van der Waals surface area contributed by atoms with E-state index in [1.165, 1.54) is 18.4 Å². The average Bonchev–Trinajstić information content (AvgIpc) is 2.93. The molecule has 0 aromatic heterocycles. The van der Waals surface area contributed by atoms with Crippen molar-refractivity contribution in [2.24, 2.45) is 5.41 Å². The van der Waals surface area contributed by atoms with Crippen molar-refractivity contribution >= 4 is 31.9 Å². The minimum absolute atomic E-state index is 0.257. The van der Waals surface area contributed by atoms with Gasteiger partial charge in [0.15, 0.2) is 0 Å². The van der Waals surface area contributed by atoms with Crippen LogP contribution in [0.2, 0.25) is 0 Å². The van der Waals surface area contributed by atoms with E-state index in [2.05, 4.69) is 62.2 Å². The summed E-state index contributed by atoms with van der Waals surface area (Å²) in [5.41, 5.74) is 2.05. The highest BCUT2D eigenvalue weighted by molar-refractivity contribution is 9.25. The van der Waals surface area contributed by atoms with E-state index < -0.39 is 0 Å². The van der Waals surface area contributed by atoms with Gasteiger partial charge in [-0.05, 0) is 24.3 Å². The minimum atomic E-state index is 0.257. The largest absolute Gasteiger partial charge is 0.0874 e. The Hall–Kier alpha value is 0.180. The highest BCUT2D eigenvalue weighted by Gasteiger charge is 2.78. The first-order valence-electron chi connectivity index (χ1n) is 4.58. The lowest BCUT2D eigenvalue weighted by Crippen LogP contribution is -1.90. The SMILES string of the molecule is BrC1(Br)CC12CC2c1ccccc1. The van der Waals surface area contributed by atoms with Crippen LogP contribution in [0.15, 0.2) is 30.3 Å². The van der Waals surface area contributed by atoms with Gasteiger partial charge in [0.05, 0.1) is 3.23 Å². The molecule has 1 spiro atoms. The van der Waals surface area contributed by atoms with Crippen LogP contribution in [-0.2, 0) is 0 Å². The second-order valence-corrected chi connectivity index (χ2v) is 7.98. The minimum Gasteiger partial charge on any atom is -0.0721 e. The molecule has 0 saturated heterocycles. The van der Waals surface area contributed by atoms with Gasteiger partial charge in [-0.25, -0.2) is 0 Å². The lowest BCUT2D eigenvalue weighted by Gasteiger charge is -1.99. The summed E-state index contributed by atoms with van der Waals surface area (Å²) < 4.78 is 0.257. The van der Waals surface area contributed by atoms with Crippen molar-refractivity contribution < 1.29 is 0 Å². The van der Waals surface area contributed by atoms with Crippen molar-refractivity contribution in [2.45, 2.75) is 22.0 Å². The Labute approximate surface area is 95.0 Å². The summed E-state index contributed by atoms with van der Waals surface area (Å²) in [5, 5.41) is 0. The number of hydrogen-bond donors (Lipinski definition) is 0. The van der Waals surface area contributed by atoms with E-state index in [4.69, 9.17) is 0 Å². The quantitative estimate of drug-likeness (QED) is 0.687.